The molecule has 1 aromatic carbocycles. The number of nitrogens with zero attached hydrogens (tertiary/aromatic N) is 2. The number of aliphatic hydroxyl groups is 1. The van der Waals surface area contributed by atoms with Crippen LogP contribution in [0, 0.1) is 11.8 Å². The van der Waals surface area contributed by atoms with Gasteiger partial charge in [-0.15, -0.1) is 6.58 Å². The van der Waals surface area contributed by atoms with Gasteiger partial charge in [-0.3, -0.25) is 14.4 Å². The summed E-state index contributed by atoms with van der Waals surface area (Å²) < 4.78 is 12.2. The van der Waals surface area contributed by atoms with E-state index in [4.69, 9.17) is 9.47 Å². The van der Waals surface area contributed by atoms with Crippen LogP contribution in [0.2, 0.25) is 0 Å². The standard InChI is InChI=1S/C29H40N2O6/c1-4-17-30(20-21-13-9-7-10-14-21)26(34)24-29-16-15-28(5-2,37-29)23(27(35)36-6-3)22(29)25(33)31(24)18-11-8-12-19-32/h4,7,9-10,13-14,22-24,32H,1,5-6,8,11-12,15-20H2,2-3H3/t22-,23+,24?,28-,29?/m0/s1. The van der Waals surface area contributed by atoms with Crippen LogP contribution in [0.5, 0.6) is 0 Å². The summed E-state index contributed by atoms with van der Waals surface area (Å²) in [5.74, 6) is -2.26. The number of carbonyl (C=O) groups is 3. The molecule has 3 aliphatic heterocycles. The fourth-order valence-corrected chi connectivity index (χ4v) is 6.76. The van der Waals surface area contributed by atoms with Gasteiger partial charge in [0, 0.05) is 26.2 Å². The van der Waals surface area contributed by atoms with E-state index in [2.05, 4.69) is 6.58 Å². The summed E-state index contributed by atoms with van der Waals surface area (Å²) in [7, 11) is 0. The second kappa shape index (κ2) is 11.4. The lowest BCUT2D eigenvalue weighted by Crippen LogP contribution is -2.56. The second-order valence-electron chi connectivity index (χ2n) is 10.4. The molecule has 37 heavy (non-hydrogen) atoms. The molecule has 3 aliphatic rings. The lowest BCUT2D eigenvalue weighted by atomic mass is 9.65. The van der Waals surface area contributed by atoms with Crippen LogP contribution in [0.15, 0.2) is 43.0 Å². The quantitative estimate of drug-likeness (QED) is 0.248. The van der Waals surface area contributed by atoms with Gasteiger partial charge >= 0.3 is 5.97 Å². The Bertz CT molecular complexity index is 999. The summed E-state index contributed by atoms with van der Waals surface area (Å²) >= 11 is 0. The van der Waals surface area contributed by atoms with E-state index < -0.39 is 35.0 Å². The van der Waals surface area contributed by atoms with E-state index in [-0.39, 0.29) is 25.0 Å². The van der Waals surface area contributed by atoms with Gasteiger partial charge in [0.05, 0.1) is 18.1 Å². The first-order chi connectivity index (χ1) is 17.9. The van der Waals surface area contributed by atoms with Gasteiger partial charge in [-0.05, 0) is 51.0 Å². The summed E-state index contributed by atoms with van der Waals surface area (Å²) in [6.45, 7) is 8.98. The summed E-state index contributed by atoms with van der Waals surface area (Å²) in [6, 6.07) is 8.92. The SMILES string of the molecule is C=CCN(Cc1ccccc1)C(=O)C1N(CCCCCO)C(=O)[C@@H]2[C@H](C(=O)OCC)[C@]3(CC)CCC12O3. The number of rotatable bonds is 13. The molecule has 202 valence electrons. The van der Waals surface area contributed by atoms with Crippen molar-refractivity contribution in [1.29, 1.82) is 0 Å². The molecule has 2 bridgehead atoms. The van der Waals surface area contributed by atoms with Gasteiger partial charge in [0.25, 0.3) is 0 Å². The van der Waals surface area contributed by atoms with Crippen LogP contribution >= 0.6 is 0 Å². The molecule has 8 heteroatoms. The molecule has 0 saturated carbocycles. The Morgan fingerprint density at radius 3 is 2.62 bits per heavy atom. The lowest BCUT2D eigenvalue weighted by molar-refractivity contribution is -0.161. The van der Waals surface area contributed by atoms with Crippen LogP contribution in [0.4, 0.5) is 0 Å². The zero-order valence-corrected chi connectivity index (χ0v) is 22.1. The molecule has 3 heterocycles. The van der Waals surface area contributed by atoms with Crippen molar-refractivity contribution >= 4 is 17.8 Å². The summed E-state index contributed by atoms with van der Waals surface area (Å²) in [4.78, 5) is 45.0. The van der Waals surface area contributed by atoms with Crippen molar-refractivity contribution in [3.05, 3.63) is 48.6 Å². The van der Waals surface area contributed by atoms with E-state index in [1.54, 1.807) is 22.8 Å². The Labute approximate surface area is 219 Å². The number of benzene rings is 1. The fourth-order valence-electron chi connectivity index (χ4n) is 6.76. The zero-order chi connectivity index (χ0) is 26.6. The Morgan fingerprint density at radius 1 is 1.22 bits per heavy atom. The van der Waals surface area contributed by atoms with Gasteiger partial charge in [-0.25, -0.2) is 0 Å². The maximum absolute atomic E-state index is 14.4. The number of fused-ring (bicyclic) bond motifs is 1. The van der Waals surface area contributed by atoms with E-state index in [1.165, 1.54) is 0 Å². The van der Waals surface area contributed by atoms with Gasteiger partial charge in [0.15, 0.2) is 0 Å². The first-order valence-electron chi connectivity index (χ1n) is 13.6. The zero-order valence-electron chi connectivity index (χ0n) is 22.1. The van der Waals surface area contributed by atoms with E-state index in [1.807, 2.05) is 37.3 Å². The van der Waals surface area contributed by atoms with Crippen LogP contribution in [-0.4, -0.2) is 76.2 Å². The normalized spacial score (nSPS) is 29.9. The summed E-state index contributed by atoms with van der Waals surface area (Å²) in [5, 5.41) is 9.22. The third-order valence-electron chi connectivity index (χ3n) is 8.39. The van der Waals surface area contributed by atoms with Crippen molar-refractivity contribution in [1.82, 2.24) is 9.80 Å². The van der Waals surface area contributed by atoms with Crippen molar-refractivity contribution in [3.8, 4) is 0 Å². The molecular formula is C29H40N2O6. The van der Waals surface area contributed by atoms with Crippen molar-refractivity contribution in [2.75, 3.05) is 26.3 Å². The van der Waals surface area contributed by atoms with Crippen LogP contribution in [0.1, 0.15) is 57.9 Å². The van der Waals surface area contributed by atoms with Crippen molar-refractivity contribution in [2.24, 2.45) is 11.8 Å². The van der Waals surface area contributed by atoms with Gasteiger partial charge in [0.1, 0.15) is 17.6 Å². The van der Waals surface area contributed by atoms with E-state index >= 15 is 0 Å². The van der Waals surface area contributed by atoms with E-state index in [0.29, 0.717) is 51.7 Å². The number of amides is 2. The van der Waals surface area contributed by atoms with Crippen LogP contribution in [0.25, 0.3) is 0 Å². The fraction of sp³-hybridized carbons (Fsp3) is 0.621. The summed E-state index contributed by atoms with van der Waals surface area (Å²) in [5.41, 5.74) is -0.873. The average molecular weight is 513 g/mol. The minimum atomic E-state index is -1.06. The van der Waals surface area contributed by atoms with Gasteiger partial charge in [-0.2, -0.15) is 0 Å². The number of carbonyl (C=O) groups excluding carboxylic acids is 3. The molecule has 2 unspecified atom stereocenters. The van der Waals surface area contributed by atoms with Crippen molar-refractivity contribution < 1.29 is 29.0 Å². The number of ether oxygens (including phenoxy) is 2. The molecule has 1 aromatic rings. The largest absolute Gasteiger partial charge is 0.466 e. The highest BCUT2D eigenvalue weighted by Crippen LogP contribution is 2.64. The Hall–Kier alpha value is -2.71. The third-order valence-corrected chi connectivity index (χ3v) is 8.39. The molecule has 3 fully saturated rings. The maximum Gasteiger partial charge on any atom is 0.312 e. The summed E-state index contributed by atoms with van der Waals surface area (Å²) in [6.07, 6.45) is 5.44. The first kappa shape index (κ1) is 27.3. The van der Waals surface area contributed by atoms with E-state index in [9.17, 15) is 19.5 Å². The van der Waals surface area contributed by atoms with Crippen LogP contribution < -0.4 is 0 Å². The Kier molecular flexibility index (Phi) is 8.39. The monoisotopic (exact) mass is 512 g/mol. The molecule has 5 atom stereocenters. The van der Waals surface area contributed by atoms with E-state index in [0.717, 1.165) is 12.0 Å². The molecule has 0 aliphatic carbocycles. The highest BCUT2D eigenvalue weighted by Gasteiger charge is 2.79. The third kappa shape index (κ3) is 4.70. The topological polar surface area (TPSA) is 96.4 Å². The number of hydrogen-bond acceptors (Lipinski definition) is 6. The highest BCUT2D eigenvalue weighted by atomic mass is 16.6. The molecule has 0 aromatic heterocycles. The van der Waals surface area contributed by atoms with Gasteiger partial charge in [-0.1, -0.05) is 43.3 Å². The molecular weight excluding hydrogens is 472 g/mol. The minimum absolute atomic E-state index is 0.0835. The molecule has 4 rings (SSSR count). The van der Waals surface area contributed by atoms with Crippen molar-refractivity contribution in [2.45, 2.75) is 76.2 Å². The number of aliphatic hydroxyl groups excluding tert-OH is 1. The number of unbranched alkanes of at least 4 members (excludes halogenated alkanes) is 2. The number of likely N-dealkylation sites (tertiary alicyclic amines) is 1. The predicted molar refractivity (Wildman–Crippen MR) is 138 cm³/mol. The van der Waals surface area contributed by atoms with Gasteiger partial charge < -0.3 is 24.4 Å². The van der Waals surface area contributed by atoms with Gasteiger partial charge in [0.2, 0.25) is 11.8 Å². The second-order valence-corrected chi connectivity index (χ2v) is 10.4. The molecule has 2 amide bonds. The number of hydrogen-bond donors (Lipinski definition) is 1. The van der Waals surface area contributed by atoms with Crippen LogP contribution in [0.3, 0.4) is 0 Å². The first-order valence-corrected chi connectivity index (χ1v) is 13.6. The molecule has 8 nitrogen and oxygen atoms in total. The maximum atomic E-state index is 14.4. The highest BCUT2D eigenvalue weighted by molar-refractivity contribution is 5.98. The molecule has 3 saturated heterocycles. The van der Waals surface area contributed by atoms with Crippen LogP contribution in [-0.2, 0) is 30.4 Å². The number of esters is 1. The molecule has 1 N–H and O–H groups in total. The predicted octanol–water partition coefficient (Wildman–Crippen LogP) is 3.08. The Balaban J connectivity index is 1.73. The van der Waals surface area contributed by atoms with Crippen molar-refractivity contribution in [3.63, 3.8) is 0 Å². The molecule has 0 radical (unpaired) electrons. The minimum Gasteiger partial charge on any atom is -0.466 e. The average Bonchev–Trinajstić information content (AvgIpc) is 3.50. The molecule has 1 spiro atoms. The Morgan fingerprint density at radius 2 is 1.97 bits per heavy atom. The lowest BCUT2D eigenvalue weighted by Gasteiger charge is -2.37. The smallest absolute Gasteiger partial charge is 0.312 e.